The smallest absolute Gasteiger partial charge is 0.266 e. The minimum Gasteiger partial charge on any atom is -0.491 e. The lowest BCUT2D eigenvalue weighted by atomic mass is 10.1. The molecule has 0 spiro atoms. The number of nitrogens with one attached hydrogen (secondary N) is 1. The molecule has 19 heavy (non-hydrogen) atoms. The zero-order chi connectivity index (χ0) is 13.8. The molecule has 0 saturated heterocycles. The third kappa shape index (κ3) is 3.02. The topological polar surface area (TPSA) is 65.9 Å². The molecule has 0 atom stereocenters. The zero-order valence-electron chi connectivity index (χ0n) is 10.8. The molecule has 0 bridgehead atoms. The van der Waals surface area contributed by atoms with Gasteiger partial charge in [0.15, 0.2) is 0 Å². The van der Waals surface area contributed by atoms with Crippen molar-refractivity contribution in [1.29, 1.82) is 5.26 Å². The van der Waals surface area contributed by atoms with E-state index in [1.807, 2.05) is 44.2 Å². The number of nitrogens with zero attached hydrogens (tertiary/aromatic N) is 1. The summed E-state index contributed by atoms with van der Waals surface area (Å²) in [5, 5.41) is 8.71. The fraction of sp³-hybridized carbons (Fsp3) is 0.200. The van der Waals surface area contributed by atoms with Gasteiger partial charge in [-0.2, -0.15) is 5.26 Å². The number of hydrogen-bond donors (Lipinski definition) is 1. The summed E-state index contributed by atoms with van der Waals surface area (Å²) in [4.78, 5) is 14.2. The van der Waals surface area contributed by atoms with Crippen LogP contribution in [0.1, 0.15) is 19.4 Å². The van der Waals surface area contributed by atoms with Gasteiger partial charge in [-0.3, -0.25) is 4.79 Å². The van der Waals surface area contributed by atoms with Crippen LogP contribution in [0.2, 0.25) is 0 Å². The van der Waals surface area contributed by atoms with Gasteiger partial charge in [-0.15, -0.1) is 0 Å². The Hall–Kier alpha value is -2.54. The SMILES string of the molecule is CC(C)Oc1ccc(-c2ccc(C#N)c(=O)[nH]2)cc1. The summed E-state index contributed by atoms with van der Waals surface area (Å²) >= 11 is 0. The number of benzene rings is 1. The lowest BCUT2D eigenvalue weighted by Crippen LogP contribution is -2.10. The highest BCUT2D eigenvalue weighted by Crippen LogP contribution is 2.20. The largest absolute Gasteiger partial charge is 0.491 e. The average molecular weight is 254 g/mol. The van der Waals surface area contributed by atoms with E-state index < -0.39 is 0 Å². The standard InChI is InChI=1S/C15H14N2O2/c1-10(2)19-13-6-3-11(4-7-13)14-8-5-12(9-16)15(18)17-14/h3-8,10H,1-2H3,(H,17,18). The summed E-state index contributed by atoms with van der Waals surface area (Å²) in [5.74, 6) is 0.787. The Morgan fingerprint density at radius 1 is 1.16 bits per heavy atom. The second-order valence-electron chi connectivity index (χ2n) is 4.42. The van der Waals surface area contributed by atoms with E-state index in [1.165, 1.54) is 6.07 Å². The number of aromatic amines is 1. The molecule has 1 heterocycles. The van der Waals surface area contributed by atoms with Crippen molar-refractivity contribution in [2.24, 2.45) is 0 Å². The lowest BCUT2D eigenvalue weighted by molar-refractivity contribution is 0.242. The molecule has 0 aliphatic carbocycles. The molecule has 0 radical (unpaired) electrons. The molecule has 2 rings (SSSR count). The van der Waals surface area contributed by atoms with Crippen LogP contribution in [0.15, 0.2) is 41.2 Å². The van der Waals surface area contributed by atoms with E-state index in [-0.39, 0.29) is 17.2 Å². The quantitative estimate of drug-likeness (QED) is 0.915. The highest BCUT2D eigenvalue weighted by Gasteiger charge is 2.03. The highest BCUT2D eigenvalue weighted by molar-refractivity contribution is 5.60. The van der Waals surface area contributed by atoms with Crippen molar-refractivity contribution in [3.05, 3.63) is 52.3 Å². The van der Waals surface area contributed by atoms with Crippen molar-refractivity contribution in [2.45, 2.75) is 20.0 Å². The molecule has 0 unspecified atom stereocenters. The highest BCUT2D eigenvalue weighted by atomic mass is 16.5. The van der Waals surface area contributed by atoms with E-state index in [0.29, 0.717) is 5.69 Å². The molecule has 96 valence electrons. The van der Waals surface area contributed by atoms with Gasteiger partial charge in [0.05, 0.1) is 6.10 Å². The average Bonchev–Trinajstić information content (AvgIpc) is 2.39. The fourth-order valence-corrected chi connectivity index (χ4v) is 1.72. The molecule has 0 saturated carbocycles. The van der Waals surface area contributed by atoms with Crippen LogP contribution in [0.5, 0.6) is 5.75 Å². The molecular formula is C15H14N2O2. The Kier molecular flexibility index (Phi) is 3.67. The maximum Gasteiger partial charge on any atom is 0.266 e. The van der Waals surface area contributed by atoms with Crippen molar-refractivity contribution in [3.8, 4) is 23.1 Å². The van der Waals surface area contributed by atoms with Gasteiger partial charge >= 0.3 is 0 Å². The zero-order valence-corrected chi connectivity index (χ0v) is 10.8. The number of pyridine rings is 1. The van der Waals surface area contributed by atoms with E-state index in [1.54, 1.807) is 6.07 Å². The number of hydrogen-bond acceptors (Lipinski definition) is 3. The van der Waals surface area contributed by atoms with E-state index in [9.17, 15) is 4.79 Å². The molecule has 4 nitrogen and oxygen atoms in total. The van der Waals surface area contributed by atoms with Crippen LogP contribution in [-0.4, -0.2) is 11.1 Å². The Morgan fingerprint density at radius 3 is 2.37 bits per heavy atom. The second-order valence-corrected chi connectivity index (χ2v) is 4.42. The van der Waals surface area contributed by atoms with Crippen molar-refractivity contribution in [1.82, 2.24) is 4.98 Å². The van der Waals surface area contributed by atoms with Crippen LogP contribution in [-0.2, 0) is 0 Å². The number of rotatable bonds is 3. The Balaban J connectivity index is 2.30. The van der Waals surface area contributed by atoms with Gasteiger partial charge < -0.3 is 9.72 Å². The van der Waals surface area contributed by atoms with Gasteiger partial charge in [-0.05, 0) is 55.8 Å². The maximum absolute atomic E-state index is 11.6. The number of aromatic nitrogens is 1. The molecular weight excluding hydrogens is 240 g/mol. The normalized spacial score (nSPS) is 10.2. The third-order valence-electron chi connectivity index (χ3n) is 2.57. The van der Waals surface area contributed by atoms with Crippen LogP contribution in [0.4, 0.5) is 0 Å². The van der Waals surface area contributed by atoms with Crippen molar-refractivity contribution in [2.75, 3.05) is 0 Å². The Morgan fingerprint density at radius 2 is 1.84 bits per heavy atom. The van der Waals surface area contributed by atoms with Crippen LogP contribution in [0.25, 0.3) is 11.3 Å². The number of ether oxygens (including phenoxy) is 1. The van der Waals surface area contributed by atoms with Crippen LogP contribution in [0.3, 0.4) is 0 Å². The van der Waals surface area contributed by atoms with E-state index in [4.69, 9.17) is 10.00 Å². The van der Waals surface area contributed by atoms with Crippen LogP contribution < -0.4 is 10.3 Å². The Bertz CT molecular complexity index is 664. The van der Waals surface area contributed by atoms with E-state index in [2.05, 4.69) is 4.98 Å². The van der Waals surface area contributed by atoms with Gasteiger partial charge in [0.1, 0.15) is 17.4 Å². The monoisotopic (exact) mass is 254 g/mol. The van der Waals surface area contributed by atoms with Crippen LogP contribution in [0, 0.1) is 11.3 Å². The minimum absolute atomic E-state index is 0.114. The Labute approximate surface area is 111 Å². The van der Waals surface area contributed by atoms with Gasteiger partial charge in [0.2, 0.25) is 0 Å². The first-order valence-corrected chi connectivity index (χ1v) is 6.00. The summed E-state index contributed by atoms with van der Waals surface area (Å²) < 4.78 is 5.55. The first kappa shape index (κ1) is 12.9. The van der Waals surface area contributed by atoms with E-state index in [0.717, 1.165) is 11.3 Å². The minimum atomic E-state index is -0.373. The summed E-state index contributed by atoms with van der Waals surface area (Å²) in [5.41, 5.74) is 1.30. The van der Waals surface area contributed by atoms with Crippen molar-refractivity contribution < 1.29 is 4.74 Å². The molecule has 0 amide bonds. The number of H-pyrrole nitrogens is 1. The maximum atomic E-state index is 11.6. The molecule has 0 aliphatic rings. The lowest BCUT2D eigenvalue weighted by Gasteiger charge is -2.10. The van der Waals surface area contributed by atoms with Gasteiger partial charge in [-0.1, -0.05) is 0 Å². The first-order valence-electron chi connectivity index (χ1n) is 6.00. The molecule has 4 heteroatoms. The molecule has 2 aromatic rings. The summed E-state index contributed by atoms with van der Waals surface area (Å²) in [6.07, 6.45) is 0.126. The van der Waals surface area contributed by atoms with E-state index >= 15 is 0 Å². The predicted molar refractivity (Wildman–Crippen MR) is 73.0 cm³/mol. The molecule has 1 aromatic heterocycles. The summed E-state index contributed by atoms with van der Waals surface area (Å²) in [6.45, 7) is 3.93. The molecule has 0 aliphatic heterocycles. The van der Waals surface area contributed by atoms with Gasteiger partial charge in [0, 0.05) is 5.69 Å². The van der Waals surface area contributed by atoms with Gasteiger partial charge in [-0.25, -0.2) is 0 Å². The summed E-state index contributed by atoms with van der Waals surface area (Å²) in [7, 11) is 0. The molecule has 1 N–H and O–H groups in total. The predicted octanol–water partition coefficient (Wildman–Crippen LogP) is 2.70. The number of nitriles is 1. The summed E-state index contributed by atoms with van der Waals surface area (Å²) in [6, 6.07) is 12.5. The second kappa shape index (κ2) is 5.40. The van der Waals surface area contributed by atoms with Crippen molar-refractivity contribution in [3.63, 3.8) is 0 Å². The molecule has 1 aromatic carbocycles. The molecule has 0 fully saturated rings. The third-order valence-corrected chi connectivity index (χ3v) is 2.57. The van der Waals surface area contributed by atoms with Crippen LogP contribution >= 0.6 is 0 Å². The fourth-order valence-electron chi connectivity index (χ4n) is 1.72. The van der Waals surface area contributed by atoms with Crippen molar-refractivity contribution >= 4 is 0 Å². The van der Waals surface area contributed by atoms with Gasteiger partial charge in [0.25, 0.3) is 5.56 Å². The first-order chi connectivity index (χ1) is 9.10.